The largest absolute Gasteiger partial charge is 0.383 e. The molecule has 1 fully saturated rings. The normalized spacial score (nSPS) is 22.2. The molecule has 0 bridgehead atoms. The van der Waals surface area contributed by atoms with Gasteiger partial charge in [-0.3, -0.25) is 4.90 Å². The molecule has 1 aliphatic rings. The van der Waals surface area contributed by atoms with Crippen molar-refractivity contribution in [2.24, 2.45) is 5.73 Å². The lowest BCUT2D eigenvalue weighted by molar-refractivity contribution is 0.160. The van der Waals surface area contributed by atoms with Crippen LogP contribution in [0.15, 0.2) is 18.2 Å². The summed E-state index contributed by atoms with van der Waals surface area (Å²) >= 11 is 0. The van der Waals surface area contributed by atoms with Crippen molar-refractivity contribution in [1.29, 1.82) is 0 Å². The predicted octanol–water partition coefficient (Wildman–Crippen LogP) is 2.18. The van der Waals surface area contributed by atoms with Crippen molar-refractivity contribution in [2.45, 2.75) is 12.0 Å². The van der Waals surface area contributed by atoms with E-state index in [1.807, 2.05) is 0 Å². The molecule has 2 rings (SSSR count). The van der Waals surface area contributed by atoms with Gasteiger partial charge in [0.05, 0.1) is 6.61 Å². The monoisotopic (exact) mass is 328 g/mol. The highest BCUT2D eigenvalue weighted by atomic mass is 35.5. The molecule has 2 N–H and O–H groups in total. The standard InChI is InChI=1S/C13H18F2N2O.2ClH/c1-18-5-4-17-7-10(13(16)8-17)9-2-3-11(14)12(15)6-9;;/h2-3,6,10,13H,4-5,7-8,16H2,1H3;2*1H/t10-,13+;;/m0../s1. The van der Waals surface area contributed by atoms with E-state index in [9.17, 15) is 8.78 Å². The van der Waals surface area contributed by atoms with Crippen LogP contribution >= 0.6 is 24.8 Å². The van der Waals surface area contributed by atoms with Crippen molar-refractivity contribution in [2.75, 3.05) is 33.4 Å². The Balaban J connectivity index is 0.00000180. The van der Waals surface area contributed by atoms with Crippen molar-refractivity contribution >= 4 is 24.8 Å². The minimum absolute atomic E-state index is 0. The second-order valence-electron chi connectivity index (χ2n) is 4.70. The summed E-state index contributed by atoms with van der Waals surface area (Å²) in [5, 5.41) is 0. The van der Waals surface area contributed by atoms with Crippen LogP contribution in [0.5, 0.6) is 0 Å². The van der Waals surface area contributed by atoms with Gasteiger partial charge in [-0.05, 0) is 17.7 Å². The number of likely N-dealkylation sites (tertiary alicyclic amines) is 1. The summed E-state index contributed by atoms with van der Waals surface area (Å²) in [4.78, 5) is 2.18. The fourth-order valence-corrected chi connectivity index (χ4v) is 2.41. The lowest BCUT2D eigenvalue weighted by atomic mass is 9.95. The Hall–Kier alpha value is -0.460. The van der Waals surface area contributed by atoms with E-state index in [1.165, 1.54) is 6.07 Å². The molecule has 0 radical (unpaired) electrons. The zero-order chi connectivity index (χ0) is 13.1. The maximum absolute atomic E-state index is 13.2. The topological polar surface area (TPSA) is 38.5 Å². The molecule has 1 heterocycles. The molecule has 0 aromatic heterocycles. The first-order valence-corrected chi connectivity index (χ1v) is 6.03. The Bertz CT molecular complexity index is 423. The van der Waals surface area contributed by atoms with E-state index in [0.717, 1.165) is 31.3 Å². The first-order chi connectivity index (χ1) is 8.61. The number of benzene rings is 1. The van der Waals surface area contributed by atoms with Gasteiger partial charge in [0.15, 0.2) is 11.6 Å². The SMILES string of the molecule is COCCN1C[C@@H](N)[C@H](c2ccc(F)c(F)c2)C1.Cl.Cl. The molecule has 1 aliphatic heterocycles. The highest BCUT2D eigenvalue weighted by molar-refractivity contribution is 5.85. The van der Waals surface area contributed by atoms with E-state index in [-0.39, 0.29) is 36.8 Å². The van der Waals surface area contributed by atoms with Gasteiger partial charge in [0.1, 0.15) is 0 Å². The molecule has 3 nitrogen and oxygen atoms in total. The van der Waals surface area contributed by atoms with Gasteiger partial charge >= 0.3 is 0 Å². The second-order valence-corrected chi connectivity index (χ2v) is 4.70. The van der Waals surface area contributed by atoms with Crippen molar-refractivity contribution in [3.8, 4) is 0 Å². The predicted molar refractivity (Wildman–Crippen MR) is 79.9 cm³/mol. The van der Waals surface area contributed by atoms with E-state index in [0.29, 0.717) is 6.61 Å². The highest BCUT2D eigenvalue weighted by Gasteiger charge is 2.31. The Kier molecular flexibility index (Phi) is 8.54. The Morgan fingerprint density at radius 3 is 2.55 bits per heavy atom. The average Bonchev–Trinajstić information content (AvgIpc) is 2.71. The number of ether oxygens (including phenoxy) is 1. The molecule has 0 saturated carbocycles. The first-order valence-electron chi connectivity index (χ1n) is 6.03. The maximum Gasteiger partial charge on any atom is 0.159 e. The fraction of sp³-hybridized carbons (Fsp3) is 0.538. The van der Waals surface area contributed by atoms with E-state index < -0.39 is 11.6 Å². The molecule has 7 heteroatoms. The van der Waals surface area contributed by atoms with Crippen LogP contribution in [0.25, 0.3) is 0 Å². The number of hydrogen-bond acceptors (Lipinski definition) is 3. The first kappa shape index (κ1) is 19.5. The van der Waals surface area contributed by atoms with Crippen LogP contribution in [0.3, 0.4) is 0 Å². The summed E-state index contributed by atoms with van der Waals surface area (Å²) in [6.45, 7) is 2.98. The summed E-state index contributed by atoms with van der Waals surface area (Å²) in [5.41, 5.74) is 6.83. The van der Waals surface area contributed by atoms with Crippen LogP contribution in [0.2, 0.25) is 0 Å². The molecule has 0 unspecified atom stereocenters. The second kappa shape index (κ2) is 8.74. The van der Waals surface area contributed by atoms with Gasteiger partial charge in [-0.25, -0.2) is 8.78 Å². The number of rotatable bonds is 4. The quantitative estimate of drug-likeness (QED) is 0.920. The molecular weight excluding hydrogens is 309 g/mol. The summed E-state index contributed by atoms with van der Waals surface area (Å²) in [5.74, 6) is -1.58. The lowest BCUT2D eigenvalue weighted by Gasteiger charge is -2.15. The number of halogens is 4. The van der Waals surface area contributed by atoms with Crippen molar-refractivity contribution in [1.82, 2.24) is 4.90 Å². The fourth-order valence-electron chi connectivity index (χ4n) is 2.41. The molecule has 20 heavy (non-hydrogen) atoms. The average molecular weight is 329 g/mol. The molecule has 116 valence electrons. The molecule has 0 amide bonds. The molecule has 1 aromatic rings. The summed E-state index contributed by atoms with van der Waals surface area (Å²) in [6, 6.07) is 3.98. The summed E-state index contributed by atoms with van der Waals surface area (Å²) in [6.07, 6.45) is 0. The van der Waals surface area contributed by atoms with E-state index in [1.54, 1.807) is 13.2 Å². The van der Waals surface area contributed by atoms with Gasteiger partial charge in [-0.15, -0.1) is 24.8 Å². The third-order valence-electron chi connectivity index (χ3n) is 3.42. The van der Waals surface area contributed by atoms with Gasteiger partial charge in [0.2, 0.25) is 0 Å². The van der Waals surface area contributed by atoms with Crippen molar-refractivity contribution in [3.05, 3.63) is 35.4 Å². The summed E-state index contributed by atoms with van der Waals surface area (Å²) < 4.78 is 31.1. The van der Waals surface area contributed by atoms with E-state index in [4.69, 9.17) is 10.5 Å². The highest BCUT2D eigenvalue weighted by Crippen LogP contribution is 2.27. The zero-order valence-electron chi connectivity index (χ0n) is 11.2. The van der Waals surface area contributed by atoms with Gasteiger partial charge < -0.3 is 10.5 Å². The number of hydrogen-bond donors (Lipinski definition) is 1. The van der Waals surface area contributed by atoms with Crippen LogP contribution in [0, 0.1) is 11.6 Å². The van der Waals surface area contributed by atoms with Crippen LogP contribution in [0.4, 0.5) is 8.78 Å². The number of nitrogens with two attached hydrogens (primary N) is 1. The molecule has 1 aromatic carbocycles. The van der Waals surface area contributed by atoms with E-state index >= 15 is 0 Å². The molecule has 2 atom stereocenters. The third-order valence-corrected chi connectivity index (χ3v) is 3.42. The molecular formula is C13H20Cl2F2N2O. The van der Waals surface area contributed by atoms with Crippen LogP contribution in [-0.2, 0) is 4.74 Å². The molecule has 1 saturated heterocycles. The van der Waals surface area contributed by atoms with Crippen molar-refractivity contribution < 1.29 is 13.5 Å². The maximum atomic E-state index is 13.2. The lowest BCUT2D eigenvalue weighted by Crippen LogP contribution is -2.30. The smallest absolute Gasteiger partial charge is 0.159 e. The Labute approximate surface area is 130 Å². The van der Waals surface area contributed by atoms with Gasteiger partial charge in [0, 0.05) is 38.7 Å². The Morgan fingerprint density at radius 1 is 1.25 bits per heavy atom. The molecule has 0 spiro atoms. The minimum atomic E-state index is -0.818. The zero-order valence-corrected chi connectivity index (χ0v) is 12.9. The Morgan fingerprint density at radius 2 is 1.95 bits per heavy atom. The van der Waals surface area contributed by atoms with Crippen LogP contribution in [0.1, 0.15) is 11.5 Å². The van der Waals surface area contributed by atoms with Crippen LogP contribution < -0.4 is 5.73 Å². The van der Waals surface area contributed by atoms with E-state index in [2.05, 4.69) is 4.90 Å². The van der Waals surface area contributed by atoms with Gasteiger partial charge in [0.25, 0.3) is 0 Å². The number of methoxy groups -OCH3 is 1. The minimum Gasteiger partial charge on any atom is -0.383 e. The van der Waals surface area contributed by atoms with Crippen LogP contribution in [-0.4, -0.2) is 44.3 Å². The third kappa shape index (κ3) is 4.53. The van der Waals surface area contributed by atoms with Crippen molar-refractivity contribution in [3.63, 3.8) is 0 Å². The van der Waals surface area contributed by atoms with Gasteiger partial charge in [-0.1, -0.05) is 6.07 Å². The number of nitrogens with zero attached hydrogens (tertiary/aromatic N) is 1. The van der Waals surface area contributed by atoms with Gasteiger partial charge in [-0.2, -0.15) is 0 Å². The summed E-state index contributed by atoms with van der Waals surface area (Å²) in [7, 11) is 1.66. The molecule has 0 aliphatic carbocycles.